The molecule has 1 unspecified atom stereocenters. The van der Waals surface area contributed by atoms with Crippen molar-refractivity contribution in [3.63, 3.8) is 0 Å². The zero-order valence-corrected chi connectivity index (χ0v) is 10.6. The van der Waals surface area contributed by atoms with E-state index in [0.29, 0.717) is 17.7 Å². The maximum absolute atomic E-state index is 12.1. The van der Waals surface area contributed by atoms with Crippen LogP contribution in [0.2, 0.25) is 0 Å². The van der Waals surface area contributed by atoms with Crippen LogP contribution in [0.4, 0.5) is 0 Å². The molecule has 1 aromatic rings. The fraction of sp³-hybridized carbons (Fsp3) is 0.385. The molecule has 0 saturated heterocycles. The van der Waals surface area contributed by atoms with Gasteiger partial charge in [-0.2, -0.15) is 0 Å². The molecule has 1 atom stereocenters. The summed E-state index contributed by atoms with van der Waals surface area (Å²) in [5.74, 6) is -0.460. The average Bonchev–Trinajstić information content (AvgIpc) is 2.63. The molecule has 0 fully saturated rings. The predicted octanol–water partition coefficient (Wildman–Crippen LogP) is 0.519. The van der Waals surface area contributed by atoms with E-state index in [2.05, 4.69) is 0 Å². The molecular formula is C13H17N3O2. The molecule has 0 bridgehead atoms. The molecule has 5 nitrogen and oxygen atoms in total. The molecule has 0 saturated carbocycles. The Morgan fingerprint density at radius 2 is 1.72 bits per heavy atom. The van der Waals surface area contributed by atoms with Gasteiger partial charge < -0.3 is 5.73 Å². The van der Waals surface area contributed by atoms with E-state index >= 15 is 0 Å². The molecule has 1 heterocycles. The van der Waals surface area contributed by atoms with Crippen LogP contribution in [0.5, 0.6) is 0 Å². The summed E-state index contributed by atoms with van der Waals surface area (Å²) in [5.41, 5.74) is 6.54. The highest BCUT2D eigenvalue weighted by Crippen LogP contribution is 2.22. The lowest BCUT2D eigenvalue weighted by molar-refractivity contribution is 0.0536. The van der Waals surface area contributed by atoms with Gasteiger partial charge in [0.25, 0.3) is 11.8 Å². The minimum atomic E-state index is -0.230. The molecule has 2 amide bonds. The Morgan fingerprint density at radius 1 is 1.22 bits per heavy atom. The first-order chi connectivity index (χ1) is 8.56. The number of benzene rings is 1. The summed E-state index contributed by atoms with van der Waals surface area (Å²) in [7, 11) is 1.85. The van der Waals surface area contributed by atoms with Crippen LogP contribution in [0.15, 0.2) is 24.3 Å². The number of hydrogen-bond acceptors (Lipinski definition) is 4. The van der Waals surface area contributed by atoms with Gasteiger partial charge in [0.05, 0.1) is 17.8 Å². The van der Waals surface area contributed by atoms with Crippen LogP contribution in [-0.2, 0) is 0 Å². The van der Waals surface area contributed by atoms with Crippen molar-refractivity contribution in [2.75, 3.05) is 20.3 Å². The van der Waals surface area contributed by atoms with Crippen molar-refractivity contribution in [2.24, 2.45) is 5.73 Å². The standard InChI is InChI=1S/C13H17N3O2/c1-9(7-14)15(2)8-16-12(17)10-5-3-4-6-11(10)13(16)18/h3-6,9H,7-8,14H2,1-2H3. The normalized spacial score (nSPS) is 16.3. The van der Waals surface area contributed by atoms with Crippen LogP contribution in [0.3, 0.4) is 0 Å². The zero-order chi connectivity index (χ0) is 13.3. The van der Waals surface area contributed by atoms with Crippen molar-refractivity contribution in [3.8, 4) is 0 Å². The highest BCUT2D eigenvalue weighted by atomic mass is 16.2. The van der Waals surface area contributed by atoms with Gasteiger partial charge in [-0.05, 0) is 26.1 Å². The SMILES string of the molecule is CC(CN)N(C)CN1C(=O)c2ccccc2C1=O. The van der Waals surface area contributed by atoms with E-state index in [-0.39, 0.29) is 24.5 Å². The van der Waals surface area contributed by atoms with Gasteiger partial charge in [-0.1, -0.05) is 12.1 Å². The first kappa shape index (κ1) is 12.7. The lowest BCUT2D eigenvalue weighted by Gasteiger charge is -2.27. The number of fused-ring (bicyclic) bond motifs is 1. The van der Waals surface area contributed by atoms with Gasteiger partial charge in [0.2, 0.25) is 0 Å². The summed E-state index contributed by atoms with van der Waals surface area (Å²) in [6.07, 6.45) is 0. The Balaban J connectivity index is 2.19. The number of imide groups is 1. The molecule has 2 rings (SSSR count). The second-order valence-corrected chi connectivity index (χ2v) is 4.57. The third-order valence-corrected chi connectivity index (χ3v) is 3.34. The Hall–Kier alpha value is -1.72. The third kappa shape index (κ3) is 2.02. The van der Waals surface area contributed by atoms with Crippen molar-refractivity contribution in [1.82, 2.24) is 9.80 Å². The summed E-state index contributed by atoms with van der Waals surface area (Å²) in [5, 5.41) is 0. The minimum Gasteiger partial charge on any atom is -0.329 e. The van der Waals surface area contributed by atoms with E-state index in [1.807, 2.05) is 18.9 Å². The number of nitrogens with zero attached hydrogens (tertiary/aromatic N) is 2. The summed E-state index contributed by atoms with van der Waals surface area (Å²) in [6, 6.07) is 7.01. The molecule has 0 aromatic heterocycles. The maximum Gasteiger partial charge on any atom is 0.262 e. The monoisotopic (exact) mass is 247 g/mol. The van der Waals surface area contributed by atoms with Gasteiger partial charge in [-0.15, -0.1) is 0 Å². The van der Waals surface area contributed by atoms with Gasteiger partial charge in [-0.3, -0.25) is 19.4 Å². The summed E-state index contributed by atoms with van der Waals surface area (Å²) >= 11 is 0. The second-order valence-electron chi connectivity index (χ2n) is 4.57. The van der Waals surface area contributed by atoms with Crippen molar-refractivity contribution < 1.29 is 9.59 Å². The quantitative estimate of drug-likeness (QED) is 0.788. The van der Waals surface area contributed by atoms with E-state index in [9.17, 15) is 9.59 Å². The average molecular weight is 247 g/mol. The highest BCUT2D eigenvalue weighted by Gasteiger charge is 2.35. The number of hydrogen-bond donors (Lipinski definition) is 1. The van der Waals surface area contributed by atoms with Gasteiger partial charge in [0.15, 0.2) is 0 Å². The molecule has 0 spiro atoms. The Morgan fingerprint density at radius 3 is 2.17 bits per heavy atom. The van der Waals surface area contributed by atoms with Crippen LogP contribution in [0.25, 0.3) is 0 Å². The lowest BCUT2D eigenvalue weighted by atomic mass is 10.1. The van der Waals surface area contributed by atoms with Gasteiger partial charge in [0, 0.05) is 12.6 Å². The summed E-state index contributed by atoms with van der Waals surface area (Å²) in [6.45, 7) is 2.71. The van der Waals surface area contributed by atoms with Crippen LogP contribution < -0.4 is 5.73 Å². The zero-order valence-electron chi connectivity index (χ0n) is 10.6. The van der Waals surface area contributed by atoms with E-state index in [0.717, 1.165) is 0 Å². The number of amides is 2. The summed E-state index contributed by atoms with van der Waals surface area (Å²) < 4.78 is 0. The van der Waals surface area contributed by atoms with Gasteiger partial charge in [0.1, 0.15) is 0 Å². The van der Waals surface area contributed by atoms with Crippen molar-refractivity contribution in [2.45, 2.75) is 13.0 Å². The molecular weight excluding hydrogens is 230 g/mol. The number of carbonyl (C=O) groups excluding carboxylic acids is 2. The van der Waals surface area contributed by atoms with E-state index < -0.39 is 0 Å². The predicted molar refractivity (Wildman–Crippen MR) is 68.1 cm³/mol. The summed E-state index contributed by atoms with van der Waals surface area (Å²) in [4.78, 5) is 27.4. The molecule has 1 aromatic carbocycles. The number of carbonyl (C=O) groups is 2. The molecule has 18 heavy (non-hydrogen) atoms. The van der Waals surface area contributed by atoms with E-state index in [4.69, 9.17) is 5.73 Å². The molecule has 1 aliphatic heterocycles. The maximum atomic E-state index is 12.1. The van der Waals surface area contributed by atoms with Gasteiger partial charge in [-0.25, -0.2) is 0 Å². The van der Waals surface area contributed by atoms with E-state index in [1.54, 1.807) is 24.3 Å². The Bertz CT molecular complexity index is 452. The van der Waals surface area contributed by atoms with Crippen LogP contribution in [0, 0.1) is 0 Å². The molecule has 2 N–H and O–H groups in total. The second kappa shape index (κ2) is 4.88. The van der Waals surface area contributed by atoms with Crippen LogP contribution in [0.1, 0.15) is 27.6 Å². The Labute approximate surface area is 106 Å². The van der Waals surface area contributed by atoms with Crippen molar-refractivity contribution in [3.05, 3.63) is 35.4 Å². The van der Waals surface area contributed by atoms with Crippen molar-refractivity contribution >= 4 is 11.8 Å². The number of rotatable bonds is 4. The lowest BCUT2D eigenvalue weighted by Crippen LogP contribution is -2.45. The first-order valence-electron chi connectivity index (χ1n) is 5.91. The van der Waals surface area contributed by atoms with Gasteiger partial charge >= 0.3 is 0 Å². The topological polar surface area (TPSA) is 66.6 Å². The fourth-order valence-corrected chi connectivity index (χ4v) is 1.91. The molecule has 96 valence electrons. The fourth-order valence-electron chi connectivity index (χ4n) is 1.91. The Kier molecular flexibility index (Phi) is 3.45. The van der Waals surface area contributed by atoms with Crippen molar-refractivity contribution in [1.29, 1.82) is 0 Å². The number of likely N-dealkylation sites (N-methyl/N-ethyl adjacent to an activating group) is 1. The minimum absolute atomic E-state index is 0.120. The highest BCUT2D eigenvalue weighted by molar-refractivity contribution is 6.21. The third-order valence-electron chi connectivity index (χ3n) is 3.34. The number of nitrogens with two attached hydrogens (primary N) is 1. The van der Waals surface area contributed by atoms with Crippen LogP contribution >= 0.6 is 0 Å². The van der Waals surface area contributed by atoms with Crippen LogP contribution in [-0.4, -0.2) is 47.9 Å². The molecule has 5 heteroatoms. The first-order valence-corrected chi connectivity index (χ1v) is 5.91. The molecule has 1 aliphatic rings. The molecule has 0 aliphatic carbocycles. The smallest absolute Gasteiger partial charge is 0.262 e. The molecule has 0 radical (unpaired) electrons. The van der Waals surface area contributed by atoms with E-state index in [1.165, 1.54) is 4.90 Å². The largest absolute Gasteiger partial charge is 0.329 e.